The van der Waals surface area contributed by atoms with E-state index in [1.54, 1.807) is 36.4 Å². The van der Waals surface area contributed by atoms with E-state index in [0.717, 1.165) is 16.7 Å². The molecule has 2 aromatic rings. The molecular weight excluding hydrogens is 383 g/mol. The van der Waals surface area contributed by atoms with Gasteiger partial charge in [-0.05, 0) is 43.0 Å². The third kappa shape index (κ3) is 4.40. The third-order valence-electron chi connectivity index (χ3n) is 3.83. The van der Waals surface area contributed by atoms with Crippen LogP contribution in [0, 0.1) is 5.82 Å². The molecule has 144 valence electrons. The fourth-order valence-electron chi connectivity index (χ4n) is 2.56. The number of anilines is 1. The molecule has 0 radical (unpaired) electrons. The van der Waals surface area contributed by atoms with Crippen LogP contribution in [0.15, 0.2) is 53.4 Å². The number of imide groups is 1. The molecule has 0 spiro atoms. The van der Waals surface area contributed by atoms with Gasteiger partial charge >= 0.3 is 0 Å². The van der Waals surface area contributed by atoms with Gasteiger partial charge in [0.05, 0.1) is 17.2 Å². The largest absolute Gasteiger partial charge is 0.493 e. The number of halogens is 1. The molecule has 0 atom stereocenters. The molecule has 1 saturated heterocycles. The van der Waals surface area contributed by atoms with E-state index in [-0.39, 0.29) is 10.6 Å². The molecule has 1 aliphatic heterocycles. The van der Waals surface area contributed by atoms with Gasteiger partial charge in [0.1, 0.15) is 18.1 Å². The van der Waals surface area contributed by atoms with E-state index in [1.807, 2.05) is 6.92 Å². The predicted molar refractivity (Wildman–Crippen MR) is 105 cm³/mol. The molecule has 0 aromatic heterocycles. The molecule has 1 heterocycles. The summed E-state index contributed by atoms with van der Waals surface area (Å²) in [5.74, 6) is -1.25. The van der Waals surface area contributed by atoms with Crippen LogP contribution in [0.2, 0.25) is 0 Å². The molecule has 3 amide bonds. The van der Waals surface area contributed by atoms with E-state index in [9.17, 15) is 18.8 Å². The normalized spacial score (nSPS) is 15.2. The Balaban J connectivity index is 1.73. The molecule has 0 unspecified atom stereocenters. The Morgan fingerprint density at radius 3 is 2.64 bits per heavy atom. The number of carbonyl (C=O) groups is 3. The summed E-state index contributed by atoms with van der Waals surface area (Å²) >= 11 is 0.744. The number of rotatable bonds is 6. The van der Waals surface area contributed by atoms with Crippen molar-refractivity contribution in [2.75, 3.05) is 18.5 Å². The van der Waals surface area contributed by atoms with Crippen molar-refractivity contribution in [1.29, 1.82) is 0 Å². The van der Waals surface area contributed by atoms with E-state index in [4.69, 9.17) is 4.74 Å². The second kappa shape index (κ2) is 8.71. The molecule has 0 aliphatic carbocycles. The topological polar surface area (TPSA) is 75.7 Å². The first-order valence-corrected chi connectivity index (χ1v) is 9.33. The zero-order valence-corrected chi connectivity index (χ0v) is 15.8. The molecule has 8 heteroatoms. The lowest BCUT2D eigenvalue weighted by Gasteiger charge is -2.12. The molecule has 1 N–H and O–H groups in total. The summed E-state index contributed by atoms with van der Waals surface area (Å²) in [5.41, 5.74) is 0.645. The van der Waals surface area contributed by atoms with E-state index < -0.39 is 29.4 Å². The Kier molecular flexibility index (Phi) is 6.10. The van der Waals surface area contributed by atoms with Crippen LogP contribution in [0.3, 0.4) is 0 Å². The maximum Gasteiger partial charge on any atom is 0.294 e. The molecule has 3 rings (SSSR count). The van der Waals surface area contributed by atoms with E-state index >= 15 is 0 Å². The third-order valence-corrected chi connectivity index (χ3v) is 4.74. The fraction of sp³-hybridized carbons (Fsp3) is 0.150. The van der Waals surface area contributed by atoms with Gasteiger partial charge in [0.25, 0.3) is 11.1 Å². The molecule has 1 aliphatic rings. The van der Waals surface area contributed by atoms with Crippen molar-refractivity contribution in [2.24, 2.45) is 0 Å². The summed E-state index contributed by atoms with van der Waals surface area (Å²) in [6.07, 6.45) is 1.56. The van der Waals surface area contributed by atoms with E-state index in [1.165, 1.54) is 18.2 Å². The van der Waals surface area contributed by atoms with E-state index in [2.05, 4.69) is 5.32 Å². The summed E-state index contributed by atoms with van der Waals surface area (Å²) in [5, 5.41) is 1.80. The van der Waals surface area contributed by atoms with Crippen LogP contribution in [0.25, 0.3) is 6.08 Å². The summed E-state index contributed by atoms with van der Waals surface area (Å²) in [4.78, 5) is 37.9. The number of thioether (sulfide) groups is 1. The van der Waals surface area contributed by atoms with Gasteiger partial charge in [-0.1, -0.05) is 30.3 Å². The van der Waals surface area contributed by atoms with E-state index in [0.29, 0.717) is 17.9 Å². The first-order valence-electron chi connectivity index (χ1n) is 8.51. The molecule has 0 saturated carbocycles. The van der Waals surface area contributed by atoms with Gasteiger partial charge < -0.3 is 10.1 Å². The molecule has 0 bridgehead atoms. The van der Waals surface area contributed by atoms with Crippen molar-refractivity contribution in [3.05, 3.63) is 64.8 Å². The maximum atomic E-state index is 13.6. The Labute approximate surface area is 165 Å². The highest BCUT2D eigenvalue weighted by atomic mass is 32.2. The van der Waals surface area contributed by atoms with Crippen LogP contribution < -0.4 is 10.1 Å². The highest BCUT2D eigenvalue weighted by Crippen LogP contribution is 2.33. The molecular formula is C20H17FN2O4S. The average Bonchev–Trinajstić information content (AvgIpc) is 2.93. The monoisotopic (exact) mass is 400 g/mol. The summed E-state index contributed by atoms with van der Waals surface area (Å²) in [7, 11) is 0. The van der Waals surface area contributed by atoms with Crippen LogP contribution in [0.1, 0.15) is 12.5 Å². The Morgan fingerprint density at radius 2 is 1.89 bits per heavy atom. The smallest absolute Gasteiger partial charge is 0.294 e. The number of benzene rings is 2. The van der Waals surface area contributed by atoms with Crippen molar-refractivity contribution in [1.82, 2.24) is 4.90 Å². The highest BCUT2D eigenvalue weighted by molar-refractivity contribution is 8.18. The number of nitrogens with zero attached hydrogens (tertiary/aromatic N) is 1. The predicted octanol–water partition coefficient (Wildman–Crippen LogP) is 3.90. The van der Waals surface area contributed by atoms with Crippen molar-refractivity contribution >= 4 is 40.6 Å². The summed E-state index contributed by atoms with van der Waals surface area (Å²) in [6.45, 7) is 1.81. The van der Waals surface area contributed by atoms with Crippen LogP contribution in [-0.4, -0.2) is 35.1 Å². The highest BCUT2D eigenvalue weighted by Gasteiger charge is 2.36. The molecule has 6 nitrogen and oxygen atoms in total. The number of carbonyl (C=O) groups excluding carboxylic acids is 3. The number of hydrogen-bond acceptors (Lipinski definition) is 5. The van der Waals surface area contributed by atoms with Crippen molar-refractivity contribution < 1.29 is 23.5 Å². The van der Waals surface area contributed by atoms with Gasteiger partial charge in [-0.15, -0.1) is 0 Å². The minimum Gasteiger partial charge on any atom is -0.493 e. The SMILES string of the molecule is CCOc1ccccc1C=C1SC(=O)N(CC(=O)Nc2ccccc2F)C1=O. The lowest BCUT2D eigenvalue weighted by molar-refractivity contribution is -0.127. The number of para-hydroxylation sites is 2. The van der Waals surface area contributed by atoms with Crippen molar-refractivity contribution in [3.63, 3.8) is 0 Å². The van der Waals surface area contributed by atoms with Gasteiger partial charge in [-0.25, -0.2) is 4.39 Å². The number of amides is 3. The Morgan fingerprint density at radius 1 is 1.18 bits per heavy atom. The summed E-state index contributed by atoms with van der Waals surface area (Å²) < 4.78 is 19.1. The molecule has 2 aromatic carbocycles. The first kappa shape index (κ1) is 19.6. The van der Waals surface area contributed by atoms with Gasteiger partial charge in [-0.3, -0.25) is 19.3 Å². The van der Waals surface area contributed by atoms with Gasteiger partial charge in [0.2, 0.25) is 5.91 Å². The quantitative estimate of drug-likeness (QED) is 0.745. The lowest BCUT2D eigenvalue weighted by atomic mass is 10.2. The second-order valence-electron chi connectivity index (χ2n) is 5.77. The lowest BCUT2D eigenvalue weighted by Crippen LogP contribution is -2.36. The summed E-state index contributed by atoms with van der Waals surface area (Å²) in [6, 6.07) is 12.8. The van der Waals surface area contributed by atoms with Crippen LogP contribution in [0.4, 0.5) is 14.9 Å². The fourth-order valence-corrected chi connectivity index (χ4v) is 3.39. The first-order chi connectivity index (χ1) is 13.5. The van der Waals surface area contributed by atoms with Gasteiger partial charge in [0.15, 0.2) is 0 Å². The number of hydrogen-bond donors (Lipinski definition) is 1. The maximum absolute atomic E-state index is 13.6. The minimum absolute atomic E-state index is 0.0133. The average molecular weight is 400 g/mol. The van der Waals surface area contributed by atoms with Gasteiger partial charge in [0, 0.05) is 5.56 Å². The Hall–Kier alpha value is -3.13. The van der Waals surface area contributed by atoms with Crippen LogP contribution >= 0.6 is 11.8 Å². The second-order valence-corrected chi connectivity index (χ2v) is 6.76. The molecule has 28 heavy (non-hydrogen) atoms. The zero-order valence-electron chi connectivity index (χ0n) is 15.0. The Bertz CT molecular complexity index is 961. The number of ether oxygens (including phenoxy) is 1. The van der Waals surface area contributed by atoms with Gasteiger partial charge in [-0.2, -0.15) is 0 Å². The minimum atomic E-state index is -0.664. The zero-order chi connectivity index (χ0) is 20.1. The van der Waals surface area contributed by atoms with Crippen LogP contribution in [0.5, 0.6) is 5.75 Å². The van der Waals surface area contributed by atoms with Crippen molar-refractivity contribution in [3.8, 4) is 5.75 Å². The molecule has 1 fully saturated rings. The standard InChI is InChI=1S/C20H17FN2O4S/c1-2-27-16-10-6-3-7-13(16)11-17-19(25)23(20(26)28-17)12-18(24)22-15-9-5-4-8-14(15)21/h3-11H,2,12H2,1H3,(H,22,24). The van der Waals surface area contributed by atoms with Crippen molar-refractivity contribution in [2.45, 2.75) is 6.92 Å². The number of nitrogens with one attached hydrogen (secondary N) is 1. The van der Waals surface area contributed by atoms with Crippen LogP contribution in [-0.2, 0) is 9.59 Å².